The van der Waals surface area contributed by atoms with Crippen LogP contribution < -0.4 is 5.32 Å². The van der Waals surface area contributed by atoms with Gasteiger partial charge in [0.05, 0.1) is 11.3 Å². The van der Waals surface area contributed by atoms with Crippen molar-refractivity contribution in [3.63, 3.8) is 0 Å². The third kappa shape index (κ3) is 2.72. The zero-order valence-electron chi connectivity index (χ0n) is 10.3. The van der Waals surface area contributed by atoms with Crippen LogP contribution in [0.25, 0.3) is 0 Å². The highest BCUT2D eigenvalue weighted by atomic mass is 79.9. The Labute approximate surface area is 115 Å². The molecule has 18 heavy (non-hydrogen) atoms. The molecule has 2 nitrogen and oxygen atoms in total. The number of hydrogen-bond donors (Lipinski definition) is 1. The molecule has 0 aliphatic heterocycles. The van der Waals surface area contributed by atoms with Crippen molar-refractivity contribution in [1.82, 2.24) is 0 Å². The van der Waals surface area contributed by atoms with Crippen LogP contribution in [0.3, 0.4) is 0 Å². The second-order valence-electron chi connectivity index (χ2n) is 4.23. The van der Waals surface area contributed by atoms with Crippen LogP contribution in [-0.4, -0.2) is 0 Å². The lowest BCUT2D eigenvalue weighted by Gasteiger charge is -2.10. The summed E-state index contributed by atoms with van der Waals surface area (Å²) in [6.45, 7) is 4.16. The summed E-state index contributed by atoms with van der Waals surface area (Å²) < 4.78 is 0.952. The van der Waals surface area contributed by atoms with E-state index in [1.54, 1.807) is 6.07 Å². The SMILES string of the molecule is Cc1ccc(Nc2cc(Br)ccc2C#N)cc1C. The highest BCUT2D eigenvalue weighted by Crippen LogP contribution is 2.25. The van der Waals surface area contributed by atoms with Crippen LogP contribution in [0, 0.1) is 25.2 Å². The van der Waals surface area contributed by atoms with E-state index in [1.807, 2.05) is 18.2 Å². The minimum Gasteiger partial charge on any atom is -0.354 e. The van der Waals surface area contributed by atoms with E-state index < -0.39 is 0 Å². The third-order valence-corrected chi connectivity index (χ3v) is 3.38. The van der Waals surface area contributed by atoms with Crippen molar-refractivity contribution in [2.75, 3.05) is 5.32 Å². The van der Waals surface area contributed by atoms with Crippen LogP contribution in [0.2, 0.25) is 0 Å². The predicted molar refractivity (Wildman–Crippen MR) is 78.1 cm³/mol. The van der Waals surface area contributed by atoms with Crippen molar-refractivity contribution >= 4 is 27.3 Å². The highest BCUT2D eigenvalue weighted by molar-refractivity contribution is 9.10. The van der Waals surface area contributed by atoms with Crippen LogP contribution in [0.5, 0.6) is 0 Å². The number of nitrogens with one attached hydrogen (secondary N) is 1. The van der Waals surface area contributed by atoms with Crippen molar-refractivity contribution in [1.29, 1.82) is 5.26 Å². The van der Waals surface area contributed by atoms with Gasteiger partial charge < -0.3 is 5.32 Å². The van der Waals surface area contributed by atoms with Crippen LogP contribution >= 0.6 is 15.9 Å². The molecule has 0 saturated heterocycles. The molecule has 0 heterocycles. The Morgan fingerprint density at radius 2 is 1.83 bits per heavy atom. The molecule has 0 radical (unpaired) electrons. The van der Waals surface area contributed by atoms with Gasteiger partial charge in [0.15, 0.2) is 0 Å². The molecule has 0 aromatic heterocycles. The number of benzene rings is 2. The van der Waals surface area contributed by atoms with Gasteiger partial charge in [-0.25, -0.2) is 0 Å². The van der Waals surface area contributed by atoms with Crippen LogP contribution in [0.15, 0.2) is 40.9 Å². The van der Waals surface area contributed by atoms with E-state index in [2.05, 4.69) is 53.3 Å². The van der Waals surface area contributed by atoms with Gasteiger partial charge in [-0.15, -0.1) is 0 Å². The number of aryl methyl sites for hydroxylation is 2. The molecule has 0 aliphatic rings. The van der Waals surface area contributed by atoms with Gasteiger partial charge in [-0.1, -0.05) is 22.0 Å². The maximum atomic E-state index is 9.08. The van der Waals surface area contributed by atoms with Crippen LogP contribution in [0.1, 0.15) is 16.7 Å². The molecular formula is C15H13BrN2. The van der Waals surface area contributed by atoms with E-state index in [0.717, 1.165) is 15.8 Å². The summed E-state index contributed by atoms with van der Waals surface area (Å²) in [4.78, 5) is 0. The lowest BCUT2D eigenvalue weighted by molar-refractivity contribution is 1.33. The van der Waals surface area contributed by atoms with Crippen molar-refractivity contribution in [3.05, 3.63) is 57.6 Å². The smallest absolute Gasteiger partial charge is 0.101 e. The minimum atomic E-state index is 0.636. The van der Waals surface area contributed by atoms with Gasteiger partial charge in [0.25, 0.3) is 0 Å². The van der Waals surface area contributed by atoms with E-state index in [1.165, 1.54) is 11.1 Å². The van der Waals surface area contributed by atoms with Crippen molar-refractivity contribution in [2.24, 2.45) is 0 Å². The Kier molecular flexibility index (Phi) is 3.69. The van der Waals surface area contributed by atoms with E-state index in [-0.39, 0.29) is 0 Å². The highest BCUT2D eigenvalue weighted by Gasteiger charge is 2.04. The largest absolute Gasteiger partial charge is 0.354 e. The Hall–Kier alpha value is -1.79. The first-order chi connectivity index (χ1) is 8.60. The molecule has 0 aliphatic carbocycles. The van der Waals surface area contributed by atoms with E-state index in [0.29, 0.717) is 5.56 Å². The summed E-state index contributed by atoms with van der Waals surface area (Å²) in [6.07, 6.45) is 0. The quantitative estimate of drug-likeness (QED) is 0.874. The van der Waals surface area contributed by atoms with E-state index in [9.17, 15) is 0 Å². The van der Waals surface area contributed by atoms with Crippen LogP contribution in [0.4, 0.5) is 11.4 Å². The molecule has 0 unspecified atom stereocenters. The topological polar surface area (TPSA) is 35.8 Å². The standard InChI is InChI=1S/C15H13BrN2/c1-10-3-6-14(7-11(10)2)18-15-8-13(16)5-4-12(15)9-17/h3-8,18H,1-2H3. The Morgan fingerprint density at radius 1 is 1.06 bits per heavy atom. The molecule has 2 aromatic rings. The van der Waals surface area contributed by atoms with Gasteiger partial charge in [-0.2, -0.15) is 5.26 Å². The number of nitrogens with zero attached hydrogens (tertiary/aromatic N) is 1. The fraction of sp³-hybridized carbons (Fsp3) is 0.133. The number of nitriles is 1. The van der Waals surface area contributed by atoms with Gasteiger partial charge in [-0.3, -0.25) is 0 Å². The predicted octanol–water partition coefficient (Wildman–Crippen LogP) is 4.68. The first-order valence-corrected chi connectivity index (χ1v) is 6.43. The Morgan fingerprint density at radius 3 is 2.50 bits per heavy atom. The average Bonchev–Trinajstić information content (AvgIpc) is 2.34. The molecule has 0 fully saturated rings. The number of rotatable bonds is 2. The van der Waals surface area contributed by atoms with E-state index in [4.69, 9.17) is 5.26 Å². The maximum absolute atomic E-state index is 9.08. The van der Waals surface area contributed by atoms with Gasteiger partial charge in [0.2, 0.25) is 0 Å². The molecule has 3 heteroatoms. The number of halogens is 1. The molecular weight excluding hydrogens is 288 g/mol. The molecule has 90 valence electrons. The Balaban J connectivity index is 2.36. The molecule has 0 atom stereocenters. The lowest BCUT2D eigenvalue weighted by Crippen LogP contribution is -1.94. The summed E-state index contributed by atoms with van der Waals surface area (Å²) in [7, 11) is 0. The first kappa shape index (κ1) is 12.7. The van der Waals surface area contributed by atoms with Crippen LogP contribution in [-0.2, 0) is 0 Å². The molecule has 0 bridgehead atoms. The normalized spacial score (nSPS) is 9.89. The van der Waals surface area contributed by atoms with E-state index >= 15 is 0 Å². The fourth-order valence-corrected chi connectivity index (χ4v) is 2.05. The lowest BCUT2D eigenvalue weighted by atomic mass is 10.1. The summed E-state index contributed by atoms with van der Waals surface area (Å²) in [5.74, 6) is 0. The molecule has 0 spiro atoms. The molecule has 2 rings (SSSR count). The second kappa shape index (κ2) is 5.24. The summed E-state index contributed by atoms with van der Waals surface area (Å²) in [6, 6.07) is 13.9. The van der Waals surface area contributed by atoms with Gasteiger partial charge >= 0.3 is 0 Å². The zero-order valence-corrected chi connectivity index (χ0v) is 11.9. The first-order valence-electron chi connectivity index (χ1n) is 5.64. The summed E-state index contributed by atoms with van der Waals surface area (Å²) in [5, 5.41) is 12.4. The van der Waals surface area contributed by atoms with Gasteiger partial charge in [0.1, 0.15) is 6.07 Å². The minimum absolute atomic E-state index is 0.636. The Bertz CT molecular complexity index is 627. The third-order valence-electron chi connectivity index (χ3n) is 2.89. The number of anilines is 2. The summed E-state index contributed by atoms with van der Waals surface area (Å²) >= 11 is 3.42. The van der Waals surface area contributed by atoms with Crippen molar-refractivity contribution < 1.29 is 0 Å². The fourth-order valence-electron chi connectivity index (χ4n) is 1.69. The zero-order chi connectivity index (χ0) is 13.1. The molecule has 0 amide bonds. The van der Waals surface area contributed by atoms with Crippen molar-refractivity contribution in [2.45, 2.75) is 13.8 Å². The monoisotopic (exact) mass is 300 g/mol. The average molecular weight is 301 g/mol. The van der Waals surface area contributed by atoms with Gasteiger partial charge in [-0.05, 0) is 55.3 Å². The summed E-state index contributed by atoms with van der Waals surface area (Å²) in [5.41, 5.74) is 4.93. The molecule has 1 N–H and O–H groups in total. The number of hydrogen-bond acceptors (Lipinski definition) is 2. The van der Waals surface area contributed by atoms with Gasteiger partial charge in [0, 0.05) is 10.2 Å². The molecule has 2 aromatic carbocycles. The maximum Gasteiger partial charge on any atom is 0.101 e. The molecule has 0 saturated carbocycles. The second-order valence-corrected chi connectivity index (χ2v) is 5.14. The van der Waals surface area contributed by atoms with Crippen molar-refractivity contribution in [3.8, 4) is 6.07 Å².